The summed E-state index contributed by atoms with van der Waals surface area (Å²) in [4.78, 5) is 146. The van der Waals surface area contributed by atoms with Crippen LogP contribution in [0.25, 0.3) is 0 Å². The van der Waals surface area contributed by atoms with Gasteiger partial charge in [-0.3, -0.25) is 94.7 Å². The number of esters is 4. The molecule has 0 bridgehead atoms. The lowest BCUT2D eigenvalue weighted by Crippen LogP contribution is -2.43. The molecule has 12 rings (SSSR count). The number of H-pyrrole nitrogens is 4. The molecule has 4 aromatic heterocycles. The van der Waals surface area contributed by atoms with Gasteiger partial charge in [-0.05, 0) is 130 Å². The Morgan fingerprint density at radius 2 is 0.534 bits per heavy atom. The van der Waals surface area contributed by atoms with Crippen molar-refractivity contribution in [2.45, 2.75) is 239 Å². The summed E-state index contributed by atoms with van der Waals surface area (Å²) in [6.45, 7) is 17.9. The van der Waals surface area contributed by atoms with Gasteiger partial charge in [0.15, 0.2) is 24.9 Å². The van der Waals surface area contributed by atoms with Crippen LogP contribution >= 0.6 is 77.4 Å². The maximum Gasteiger partial charge on any atom is 0.459 e. The molecule has 0 aliphatic carbocycles. The number of aliphatic hydroxyl groups excluding tert-OH is 4. The Morgan fingerprint density at radius 3 is 0.712 bits per heavy atom. The molecule has 804 valence electrons. The van der Waals surface area contributed by atoms with Crippen molar-refractivity contribution in [3.05, 3.63) is 254 Å². The van der Waals surface area contributed by atoms with Crippen LogP contribution in [0, 0.1) is 0 Å². The predicted molar refractivity (Wildman–Crippen MR) is 529 cm³/mol. The normalized spacial score (nSPS) is 26.0. The van der Waals surface area contributed by atoms with E-state index in [9.17, 15) is 96.2 Å². The number of hydrogen-bond donors (Lipinski definition) is 12. The van der Waals surface area contributed by atoms with Gasteiger partial charge in [0.05, 0.1) is 52.9 Å². The molecule has 4 fully saturated rings. The molecule has 56 heteroatoms. The van der Waals surface area contributed by atoms with Crippen molar-refractivity contribution in [1.82, 2.24) is 58.6 Å². The number of benzene rings is 4. The molecule has 0 amide bonds. The van der Waals surface area contributed by atoms with Gasteiger partial charge >= 0.3 is 77.6 Å². The molecule has 0 spiro atoms. The SMILES string of the molecule is CCCCOC(=O)[C@@H](C)NP(=O)(OC[C@H]1O[C@@H](n2ccc(=O)[nH]c2=O)[C@](C)(Cl)[C@@H]1O)Oc1ccccc1.CCCCOC(=O)[C@@H](C)N[P@@](=O)(OC[C@H]1O[C@@H](n2ccc(=O)[nH]c2=O)[C@](C)(Cl)[C@@H]1O)Oc1ccccc1.CCCCOC(=O)[C@@H](C)N[P@](=O)(OC[C@H]1O[C@@H](n2ccc(=O)[nH]c2=O)[C@](C)(Cl)[C@@H]1O)Oc1ccccc1.CCOC(=O)[C@@H](C)NP(=O)(OC[C@H]1O[C@@H](n2ccc(=O)[nH]c2=O)[C@](C)(Cl)[C@@H]1O)Oc1ccccc1. The van der Waals surface area contributed by atoms with Crippen LogP contribution in [-0.2, 0) is 93.4 Å². The van der Waals surface area contributed by atoms with Gasteiger partial charge in [0.2, 0.25) is 0 Å². The largest absolute Gasteiger partial charge is 0.465 e. The summed E-state index contributed by atoms with van der Waals surface area (Å²) < 4.78 is 147. The first-order chi connectivity index (χ1) is 68.9. The van der Waals surface area contributed by atoms with Gasteiger partial charge < -0.3 is 76.4 Å². The molecule has 4 aliphatic rings. The van der Waals surface area contributed by atoms with Crippen LogP contribution in [0.3, 0.4) is 0 Å². The van der Waals surface area contributed by atoms with Crippen molar-refractivity contribution in [1.29, 1.82) is 0 Å². The van der Waals surface area contributed by atoms with Crippen molar-refractivity contribution in [3.8, 4) is 23.0 Å². The van der Waals surface area contributed by atoms with E-state index in [4.69, 9.17) is 120 Å². The van der Waals surface area contributed by atoms with Crippen molar-refractivity contribution < 1.29 is 132 Å². The minimum absolute atomic E-state index is 0.122. The molecule has 48 nitrogen and oxygen atoms in total. The van der Waals surface area contributed by atoms with Gasteiger partial charge in [-0.1, -0.05) is 113 Å². The van der Waals surface area contributed by atoms with E-state index >= 15 is 0 Å². The number of hydrogen-bond acceptors (Lipinski definition) is 36. The number of nitrogens with one attached hydrogen (secondary N) is 8. The summed E-state index contributed by atoms with van der Waals surface area (Å²) in [5, 5.41) is 53.4. The molecule has 0 saturated carbocycles. The van der Waals surface area contributed by atoms with Crippen LogP contribution in [0.2, 0.25) is 0 Å². The van der Waals surface area contributed by atoms with Gasteiger partial charge in [0, 0.05) is 49.1 Å². The molecule has 146 heavy (non-hydrogen) atoms. The fraction of sp³-hybridized carbons (Fsp3) is 0.511. The van der Waals surface area contributed by atoms with Crippen LogP contribution in [0.1, 0.15) is 147 Å². The summed E-state index contributed by atoms with van der Waals surface area (Å²) >= 11 is 26.1. The van der Waals surface area contributed by atoms with Gasteiger partial charge in [-0.2, -0.15) is 20.3 Å². The first kappa shape index (κ1) is 120. The Morgan fingerprint density at radius 1 is 0.342 bits per heavy atom. The number of alkyl halides is 4. The highest BCUT2D eigenvalue weighted by Gasteiger charge is 2.59. The molecule has 4 saturated heterocycles. The first-order valence-electron chi connectivity index (χ1n) is 46.0. The second-order valence-corrected chi connectivity index (χ2v) is 44.1. The lowest BCUT2D eigenvalue weighted by molar-refractivity contribution is -0.146. The molecular weight excluding hydrogens is 2090 g/mol. The zero-order chi connectivity index (χ0) is 107. The number of unbranched alkanes of at least 4 members (excludes halogenated alkanes) is 3. The van der Waals surface area contributed by atoms with E-state index in [0.29, 0.717) is 19.3 Å². The van der Waals surface area contributed by atoms with Crippen molar-refractivity contribution in [3.63, 3.8) is 0 Å². The lowest BCUT2D eigenvalue weighted by atomic mass is 10.0. The number of halogens is 4. The van der Waals surface area contributed by atoms with E-state index in [-0.39, 0.29) is 49.4 Å². The maximum atomic E-state index is 13.7. The third-order valence-electron chi connectivity index (χ3n) is 22.1. The standard InChI is InChI=1S/3C23H31ClN3O9P.C21H27ClN3O9P/c3*1-4-5-13-33-20(30)15(2)26-37(32,36-16-9-7-6-8-10-16)34-14-17-19(29)23(3,24)21(35-17)27-12-11-18(28)25-22(27)31;1-4-31-18(28)13(2)24-35(30,34-14-8-6-5-7-9-14)32-12-15-17(27)21(3,22)19(33-15)25-11-10-16(26)23-20(25)29/h3*6-12,15,17,19,21,29H,4-5,13-14H2,1-3H3,(H,26,32)(H,25,28,31);5-11,13,15,17,19,27H,4,12H2,1-3H3,(H,24,30)(H,23,26,29)/t15-,17-,19-,21-,23-,37?;15-,17-,19-,21-,23-,37+;15-,17-,19-,21-,23-,37-;13-,15-,17-,19-,21-,35?/m1111/s1. The summed E-state index contributed by atoms with van der Waals surface area (Å²) in [7, 11) is -16.9. The predicted octanol–water partition coefficient (Wildman–Crippen LogP) is 8.49. The second kappa shape index (κ2) is 54.0. The van der Waals surface area contributed by atoms with Crippen LogP contribution in [-0.4, -0.2) is 228 Å². The lowest BCUT2D eigenvalue weighted by Gasteiger charge is -2.26. The molecule has 8 aromatic rings. The Bertz CT molecular complexity index is 5900. The number of aromatic amines is 4. The van der Waals surface area contributed by atoms with E-state index in [0.717, 1.165) is 61.8 Å². The van der Waals surface area contributed by atoms with Crippen LogP contribution in [0.15, 0.2) is 209 Å². The number of rotatable bonds is 46. The van der Waals surface area contributed by atoms with E-state index in [1.54, 1.807) is 128 Å². The number of para-hydroxylation sites is 4. The minimum Gasteiger partial charge on any atom is -0.465 e. The van der Waals surface area contributed by atoms with Crippen molar-refractivity contribution >= 4 is 101 Å². The molecule has 8 heterocycles. The fourth-order valence-electron chi connectivity index (χ4n) is 14.1. The number of carbonyl (C=O) groups excluding carboxylic acids is 4. The van der Waals surface area contributed by atoms with E-state index in [2.05, 4.69) is 40.3 Å². The Kier molecular flexibility index (Phi) is 44.3. The number of ether oxygens (including phenoxy) is 8. The average Bonchev–Trinajstić information content (AvgIpc) is 1.61. The fourth-order valence-corrected chi connectivity index (χ4v) is 21.3. The minimum atomic E-state index is -4.22. The number of carbonyl (C=O) groups is 4. The van der Waals surface area contributed by atoms with Crippen LogP contribution < -0.4 is 83.4 Å². The monoisotopic (exact) mass is 2210 g/mol. The number of aromatic nitrogens is 8. The molecule has 4 aromatic carbocycles. The maximum absolute atomic E-state index is 13.7. The Balaban J connectivity index is 0.000000217. The number of nitrogens with zero attached hydrogens (tertiary/aromatic N) is 4. The Hall–Kier alpha value is -9.88. The van der Waals surface area contributed by atoms with E-state index in [1.165, 1.54) is 80.2 Å². The third kappa shape index (κ3) is 33.1. The zero-order valence-electron chi connectivity index (χ0n) is 81.2. The summed E-state index contributed by atoms with van der Waals surface area (Å²) in [5.74, 6) is -1.78. The molecule has 2 unspecified atom stereocenters. The van der Waals surface area contributed by atoms with Gasteiger partial charge in [0.25, 0.3) is 22.2 Å². The molecule has 0 radical (unpaired) electrons. The van der Waals surface area contributed by atoms with Gasteiger partial charge in [-0.25, -0.2) is 37.4 Å². The molecule has 24 atom stereocenters. The topological polar surface area (TPSA) is 633 Å². The summed E-state index contributed by atoms with van der Waals surface area (Å²) in [5.41, 5.74) is -5.57. The van der Waals surface area contributed by atoms with Crippen LogP contribution in [0.4, 0.5) is 0 Å². The number of aliphatic hydroxyl groups is 4. The second-order valence-electron chi connectivity index (χ2n) is 34.1. The van der Waals surface area contributed by atoms with E-state index in [1.807, 2.05) is 20.8 Å². The first-order valence-corrected chi connectivity index (χ1v) is 53.6. The molecule has 4 aliphatic heterocycles. The molecular formula is C90H120Cl4N12O36P4. The quantitative estimate of drug-likeness (QED) is 0.00559. The van der Waals surface area contributed by atoms with E-state index < -0.39 is 244 Å². The summed E-state index contributed by atoms with van der Waals surface area (Å²) in [6.07, 6.45) is -5.49. The Labute approximate surface area is 855 Å². The highest BCUT2D eigenvalue weighted by molar-refractivity contribution is 7.53. The average molecular weight is 2210 g/mol. The van der Waals surface area contributed by atoms with Crippen molar-refractivity contribution in [2.75, 3.05) is 52.9 Å². The zero-order valence-corrected chi connectivity index (χ0v) is 87.8. The smallest absolute Gasteiger partial charge is 0.459 e. The molecule has 12 N–H and O–H groups in total. The summed E-state index contributed by atoms with van der Waals surface area (Å²) in [6, 6.07) is 32.9. The van der Waals surface area contributed by atoms with Crippen LogP contribution in [0.5, 0.6) is 23.0 Å². The van der Waals surface area contributed by atoms with Gasteiger partial charge in [-0.15, -0.1) is 46.4 Å². The van der Waals surface area contributed by atoms with Crippen molar-refractivity contribution in [2.24, 2.45) is 0 Å². The van der Waals surface area contributed by atoms with Gasteiger partial charge in [0.1, 0.15) is 115 Å². The third-order valence-corrected chi connectivity index (χ3v) is 30.3. The highest BCUT2D eigenvalue weighted by Crippen LogP contribution is 2.54. The highest BCUT2D eigenvalue weighted by atomic mass is 35.5.